The van der Waals surface area contributed by atoms with E-state index in [9.17, 15) is 19.7 Å². The van der Waals surface area contributed by atoms with Gasteiger partial charge in [-0.3, -0.25) is 10.1 Å². The number of nitro benzene ring substituents is 1. The van der Waals surface area contributed by atoms with Gasteiger partial charge < -0.3 is 14.0 Å². The van der Waals surface area contributed by atoms with E-state index in [1.54, 1.807) is 32.0 Å². The van der Waals surface area contributed by atoms with E-state index >= 15 is 0 Å². The van der Waals surface area contributed by atoms with Gasteiger partial charge in [-0.2, -0.15) is 0 Å². The number of ether oxygens (including phenoxy) is 2. The molecule has 3 rings (SSSR count). The Hall–Kier alpha value is -3.68. The van der Waals surface area contributed by atoms with Crippen molar-refractivity contribution in [2.24, 2.45) is 7.05 Å². The molecule has 2 aromatic carbocycles. The van der Waals surface area contributed by atoms with Gasteiger partial charge in [-0.05, 0) is 38.1 Å². The molecule has 0 unspecified atom stereocenters. The van der Waals surface area contributed by atoms with Crippen LogP contribution in [0, 0.1) is 17.0 Å². The van der Waals surface area contributed by atoms with E-state index in [1.807, 2.05) is 11.6 Å². The van der Waals surface area contributed by atoms with Crippen molar-refractivity contribution in [1.82, 2.24) is 4.57 Å². The first-order chi connectivity index (χ1) is 13.3. The third-order valence-electron chi connectivity index (χ3n) is 4.45. The normalized spacial score (nSPS) is 10.7. The van der Waals surface area contributed by atoms with Crippen molar-refractivity contribution in [2.45, 2.75) is 13.8 Å². The van der Waals surface area contributed by atoms with Gasteiger partial charge in [-0.25, -0.2) is 9.59 Å². The van der Waals surface area contributed by atoms with Gasteiger partial charge in [0.2, 0.25) is 0 Å². The molecule has 0 radical (unpaired) electrons. The fraction of sp³-hybridized carbons (Fsp3) is 0.200. The van der Waals surface area contributed by atoms with Gasteiger partial charge in [-0.1, -0.05) is 6.07 Å². The molecule has 0 aliphatic rings. The van der Waals surface area contributed by atoms with Gasteiger partial charge in [0.05, 0.1) is 22.7 Å². The molecule has 0 amide bonds. The van der Waals surface area contributed by atoms with E-state index in [1.165, 1.54) is 18.2 Å². The van der Waals surface area contributed by atoms with E-state index < -0.39 is 16.9 Å². The minimum atomic E-state index is -0.728. The highest BCUT2D eigenvalue weighted by atomic mass is 16.6. The highest BCUT2D eigenvalue weighted by molar-refractivity contribution is 6.06. The molecular formula is C20H18N2O6. The van der Waals surface area contributed by atoms with Gasteiger partial charge >= 0.3 is 11.9 Å². The van der Waals surface area contributed by atoms with E-state index in [2.05, 4.69) is 0 Å². The monoisotopic (exact) mass is 382 g/mol. The summed E-state index contributed by atoms with van der Waals surface area (Å²) in [6, 6.07) is 10.2. The van der Waals surface area contributed by atoms with Crippen LogP contribution in [0.3, 0.4) is 0 Å². The van der Waals surface area contributed by atoms with Crippen molar-refractivity contribution in [2.75, 3.05) is 6.61 Å². The summed E-state index contributed by atoms with van der Waals surface area (Å²) in [5, 5.41) is 11.5. The molecule has 0 aliphatic carbocycles. The van der Waals surface area contributed by atoms with Gasteiger partial charge in [0, 0.05) is 35.8 Å². The van der Waals surface area contributed by atoms with Crippen molar-refractivity contribution in [3.05, 3.63) is 69.4 Å². The maximum absolute atomic E-state index is 12.4. The molecule has 28 heavy (non-hydrogen) atoms. The fourth-order valence-corrected chi connectivity index (χ4v) is 2.99. The number of nitro groups is 1. The van der Waals surface area contributed by atoms with Crippen molar-refractivity contribution in [3.63, 3.8) is 0 Å². The number of carbonyl (C=O) groups is 2. The van der Waals surface area contributed by atoms with Crippen LogP contribution in [0.1, 0.15) is 33.3 Å². The molecule has 1 heterocycles. The van der Waals surface area contributed by atoms with Crippen molar-refractivity contribution in [1.29, 1.82) is 0 Å². The SMILES string of the molecule is CCOC(=O)c1c(C)n(C)c2ccc(OC(=O)c3cccc([N+](=O)[O-])c3)cc12. The summed E-state index contributed by atoms with van der Waals surface area (Å²) in [5.41, 5.74) is 1.79. The largest absolute Gasteiger partial charge is 0.462 e. The van der Waals surface area contributed by atoms with E-state index in [0.717, 1.165) is 17.3 Å². The van der Waals surface area contributed by atoms with Crippen LogP contribution < -0.4 is 4.74 Å². The number of non-ortho nitro benzene ring substituents is 1. The third-order valence-corrected chi connectivity index (χ3v) is 4.45. The number of fused-ring (bicyclic) bond motifs is 1. The first kappa shape index (κ1) is 19.1. The maximum Gasteiger partial charge on any atom is 0.343 e. The highest BCUT2D eigenvalue weighted by Crippen LogP contribution is 2.29. The predicted molar refractivity (Wildman–Crippen MR) is 102 cm³/mol. The lowest BCUT2D eigenvalue weighted by molar-refractivity contribution is -0.384. The van der Waals surface area contributed by atoms with Crippen LogP contribution in [0.4, 0.5) is 5.69 Å². The first-order valence-electron chi connectivity index (χ1n) is 8.56. The number of hydrogen-bond acceptors (Lipinski definition) is 6. The second-order valence-corrected chi connectivity index (χ2v) is 6.12. The summed E-state index contributed by atoms with van der Waals surface area (Å²) in [7, 11) is 1.83. The van der Waals surface area contributed by atoms with Crippen LogP contribution in [0.15, 0.2) is 42.5 Å². The molecule has 0 saturated heterocycles. The third kappa shape index (κ3) is 3.44. The molecule has 0 spiro atoms. The number of aromatic nitrogens is 1. The molecule has 8 heteroatoms. The Kier molecular flexibility index (Phi) is 5.12. The lowest BCUT2D eigenvalue weighted by Crippen LogP contribution is -2.09. The zero-order valence-electron chi connectivity index (χ0n) is 15.6. The average molecular weight is 382 g/mol. The topological polar surface area (TPSA) is 101 Å². The van der Waals surface area contributed by atoms with Crippen LogP contribution >= 0.6 is 0 Å². The Morgan fingerprint density at radius 1 is 1.14 bits per heavy atom. The molecule has 0 aliphatic heterocycles. The number of rotatable bonds is 5. The first-order valence-corrected chi connectivity index (χ1v) is 8.56. The van der Waals surface area contributed by atoms with Crippen molar-refractivity contribution in [3.8, 4) is 5.75 Å². The van der Waals surface area contributed by atoms with Gasteiger partial charge in [0.25, 0.3) is 5.69 Å². The van der Waals surface area contributed by atoms with Crippen LogP contribution in [0.5, 0.6) is 5.75 Å². The number of aryl methyl sites for hydroxylation is 1. The summed E-state index contributed by atoms with van der Waals surface area (Å²) in [6.07, 6.45) is 0. The van der Waals surface area contributed by atoms with Gasteiger partial charge in [0.1, 0.15) is 5.75 Å². The number of nitrogens with zero attached hydrogens (tertiary/aromatic N) is 2. The summed E-state index contributed by atoms with van der Waals surface area (Å²) >= 11 is 0. The minimum Gasteiger partial charge on any atom is -0.462 e. The Labute approximate surface area is 160 Å². The summed E-state index contributed by atoms with van der Waals surface area (Å²) in [6.45, 7) is 3.78. The molecular weight excluding hydrogens is 364 g/mol. The molecule has 0 N–H and O–H groups in total. The van der Waals surface area contributed by atoms with E-state index in [4.69, 9.17) is 9.47 Å². The molecule has 0 fully saturated rings. The van der Waals surface area contributed by atoms with Crippen LogP contribution in [-0.2, 0) is 11.8 Å². The Bertz CT molecular complexity index is 1100. The average Bonchev–Trinajstić information content (AvgIpc) is 2.92. The van der Waals surface area contributed by atoms with Crippen LogP contribution in [-0.4, -0.2) is 28.0 Å². The number of carbonyl (C=O) groups excluding carboxylic acids is 2. The van der Waals surface area contributed by atoms with Crippen molar-refractivity contribution < 1.29 is 24.0 Å². The molecule has 8 nitrogen and oxygen atoms in total. The molecule has 3 aromatic rings. The summed E-state index contributed by atoms with van der Waals surface area (Å²) in [5.74, 6) is -0.957. The second-order valence-electron chi connectivity index (χ2n) is 6.12. The Morgan fingerprint density at radius 2 is 1.89 bits per heavy atom. The highest BCUT2D eigenvalue weighted by Gasteiger charge is 2.21. The summed E-state index contributed by atoms with van der Waals surface area (Å²) < 4.78 is 12.4. The lowest BCUT2D eigenvalue weighted by atomic mass is 10.1. The second kappa shape index (κ2) is 7.51. The molecule has 0 bridgehead atoms. The van der Waals surface area contributed by atoms with E-state index in [-0.39, 0.29) is 23.6 Å². The molecule has 0 atom stereocenters. The lowest BCUT2D eigenvalue weighted by Gasteiger charge is -2.06. The maximum atomic E-state index is 12.4. The van der Waals surface area contributed by atoms with Gasteiger partial charge in [0.15, 0.2) is 0 Å². The standard InChI is InChI=1S/C20H18N2O6/c1-4-27-20(24)18-12(2)21(3)17-9-8-15(11-16(17)18)28-19(23)13-6-5-7-14(10-13)22(25)26/h5-11H,4H2,1-3H3. The molecule has 0 saturated carbocycles. The zero-order valence-corrected chi connectivity index (χ0v) is 15.6. The quantitative estimate of drug-likeness (QED) is 0.288. The van der Waals surface area contributed by atoms with Crippen LogP contribution in [0.25, 0.3) is 10.9 Å². The Balaban J connectivity index is 1.97. The van der Waals surface area contributed by atoms with Crippen LogP contribution in [0.2, 0.25) is 0 Å². The fourth-order valence-electron chi connectivity index (χ4n) is 2.99. The molecule has 1 aromatic heterocycles. The smallest absolute Gasteiger partial charge is 0.343 e. The summed E-state index contributed by atoms with van der Waals surface area (Å²) in [4.78, 5) is 35.0. The zero-order chi connectivity index (χ0) is 20.4. The predicted octanol–water partition coefficient (Wildman–Crippen LogP) is 3.79. The number of benzene rings is 2. The Morgan fingerprint density at radius 3 is 2.57 bits per heavy atom. The minimum absolute atomic E-state index is 0.0594. The number of esters is 2. The van der Waals surface area contributed by atoms with Gasteiger partial charge in [-0.15, -0.1) is 0 Å². The van der Waals surface area contributed by atoms with Crippen molar-refractivity contribution >= 4 is 28.5 Å². The van der Waals surface area contributed by atoms with E-state index in [0.29, 0.717) is 10.9 Å². The molecule has 144 valence electrons. The number of hydrogen-bond donors (Lipinski definition) is 0.